The molecular formula is C32H37N3O4S. The third kappa shape index (κ3) is 6.62. The van der Waals surface area contributed by atoms with Crippen LogP contribution in [0, 0.1) is 0 Å². The van der Waals surface area contributed by atoms with E-state index in [1.807, 2.05) is 35.0 Å². The predicted molar refractivity (Wildman–Crippen MR) is 162 cm³/mol. The average molecular weight is 560 g/mol. The van der Waals surface area contributed by atoms with Crippen LogP contribution in [-0.2, 0) is 25.6 Å². The highest BCUT2D eigenvalue weighted by atomic mass is 32.2. The van der Waals surface area contributed by atoms with Gasteiger partial charge in [-0.1, -0.05) is 59.7 Å². The first-order valence-corrected chi connectivity index (χ1v) is 15.0. The number of hydrogen-bond donors (Lipinski definition) is 1. The third-order valence-electron chi connectivity index (χ3n) is 6.69. The Labute approximate surface area is 237 Å². The van der Waals surface area contributed by atoms with Crippen LogP contribution in [0.2, 0.25) is 0 Å². The van der Waals surface area contributed by atoms with Crippen molar-refractivity contribution in [2.24, 2.45) is 0 Å². The zero-order valence-electron chi connectivity index (χ0n) is 24.4. The number of anilines is 1. The second-order valence-electron chi connectivity index (χ2n) is 12.1. The van der Waals surface area contributed by atoms with Crippen LogP contribution in [-0.4, -0.2) is 37.5 Å². The summed E-state index contributed by atoms with van der Waals surface area (Å²) in [6.07, 6.45) is 1.12. The van der Waals surface area contributed by atoms with Crippen molar-refractivity contribution in [1.29, 1.82) is 0 Å². The van der Waals surface area contributed by atoms with E-state index in [1.54, 1.807) is 24.3 Å². The Kier molecular flexibility index (Phi) is 7.69. The second kappa shape index (κ2) is 10.6. The van der Waals surface area contributed by atoms with Crippen molar-refractivity contribution in [3.05, 3.63) is 89.5 Å². The summed E-state index contributed by atoms with van der Waals surface area (Å²) >= 11 is 0. The van der Waals surface area contributed by atoms with Crippen molar-refractivity contribution in [1.82, 2.24) is 9.78 Å². The first kappa shape index (κ1) is 29.1. The lowest BCUT2D eigenvalue weighted by Gasteiger charge is -2.26. The zero-order valence-corrected chi connectivity index (χ0v) is 25.2. The maximum atomic E-state index is 11.9. The minimum absolute atomic E-state index is 0.0631. The van der Waals surface area contributed by atoms with Crippen molar-refractivity contribution in [3.63, 3.8) is 0 Å². The van der Waals surface area contributed by atoms with Crippen LogP contribution in [0.25, 0.3) is 28.2 Å². The number of sulfonamides is 1. The molecule has 0 saturated heterocycles. The summed E-state index contributed by atoms with van der Waals surface area (Å²) < 4.78 is 32.6. The number of nitrogens with zero attached hydrogens (tertiary/aromatic N) is 2. The Bertz CT molecular complexity index is 1610. The lowest BCUT2D eigenvalue weighted by molar-refractivity contribution is 0.0600. The minimum atomic E-state index is -3.39. The van der Waals surface area contributed by atoms with Gasteiger partial charge in [-0.3, -0.25) is 4.72 Å². The first-order valence-electron chi connectivity index (χ1n) is 13.1. The van der Waals surface area contributed by atoms with E-state index in [2.05, 4.69) is 64.5 Å². The fourth-order valence-corrected chi connectivity index (χ4v) is 4.91. The van der Waals surface area contributed by atoms with E-state index in [4.69, 9.17) is 9.84 Å². The van der Waals surface area contributed by atoms with Crippen LogP contribution in [0.4, 0.5) is 5.69 Å². The summed E-state index contributed by atoms with van der Waals surface area (Å²) in [5, 5.41) is 4.97. The van der Waals surface area contributed by atoms with Gasteiger partial charge < -0.3 is 4.74 Å². The van der Waals surface area contributed by atoms with Crippen molar-refractivity contribution in [2.45, 2.75) is 52.4 Å². The number of carbonyl (C=O) groups excluding carboxylic acids is 1. The van der Waals surface area contributed by atoms with E-state index >= 15 is 0 Å². The first-order chi connectivity index (χ1) is 18.5. The summed E-state index contributed by atoms with van der Waals surface area (Å²) in [6, 6.07) is 23.0. The number of rotatable bonds is 6. The highest BCUT2D eigenvalue weighted by Gasteiger charge is 2.23. The molecule has 0 radical (unpaired) electrons. The van der Waals surface area contributed by atoms with Crippen LogP contribution < -0.4 is 4.72 Å². The van der Waals surface area contributed by atoms with Crippen LogP contribution >= 0.6 is 0 Å². The number of nitrogens with one attached hydrogen (secondary N) is 1. The smallest absolute Gasteiger partial charge is 0.337 e. The van der Waals surface area contributed by atoms with E-state index in [9.17, 15) is 13.2 Å². The molecule has 4 aromatic rings. The van der Waals surface area contributed by atoms with E-state index < -0.39 is 16.0 Å². The normalized spacial score (nSPS) is 12.3. The van der Waals surface area contributed by atoms with Crippen LogP contribution in [0.5, 0.6) is 0 Å². The molecule has 1 aromatic heterocycles. The number of methoxy groups -OCH3 is 1. The number of esters is 1. The molecule has 0 atom stereocenters. The van der Waals surface area contributed by atoms with Gasteiger partial charge >= 0.3 is 5.97 Å². The largest absolute Gasteiger partial charge is 0.465 e. The summed E-state index contributed by atoms with van der Waals surface area (Å²) in [5.41, 5.74) is 7.56. The molecule has 0 unspecified atom stereocenters. The summed E-state index contributed by atoms with van der Waals surface area (Å²) in [4.78, 5) is 11.9. The standard InChI is InChI=1S/C32H37N3O4S/c1-31(2,3)24-17-23(18-25(19-24)32(4,5)6)29-20-28(21-9-11-22(12-10-21)30(36)39-7)33-35(29)27-15-13-26(14-16-27)34-40(8,37)38/h9-20,34H,1-8H3. The van der Waals surface area contributed by atoms with E-state index in [1.165, 1.54) is 18.2 Å². The molecule has 3 aromatic carbocycles. The van der Waals surface area contributed by atoms with Gasteiger partial charge in [-0.25, -0.2) is 17.9 Å². The molecule has 0 amide bonds. The van der Waals surface area contributed by atoms with Crippen molar-refractivity contribution in [3.8, 4) is 28.2 Å². The Morgan fingerprint density at radius 2 is 1.35 bits per heavy atom. The van der Waals surface area contributed by atoms with Crippen LogP contribution in [0.3, 0.4) is 0 Å². The van der Waals surface area contributed by atoms with E-state index in [-0.39, 0.29) is 10.8 Å². The summed E-state index contributed by atoms with van der Waals surface area (Å²) in [6.45, 7) is 13.2. The number of carbonyl (C=O) groups is 1. The monoisotopic (exact) mass is 559 g/mol. The number of aromatic nitrogens is 2. The number of ether oxygens (including phenoxy) is 1. The van der Waals surface area contributed by atoms with Gasteiger partial charge in [0, 0.05) is 16.8 Å². The van der Waals surface area contributed by atoms with Gasteiger partial charge in [0.15, 0.2) is 0 Å². The van der Waals surface area contributed by atoms with Gasteiger partial charge in [0.2, 0.25) is 10.0 Å². The maximum Gasteiger partial charge on any atom is 0.337 e. The molecule has 0 fully saturated rings. The summed E-state index contributed by atoms with van der Waals surface area (Å²) in [7, 11) is -2.03. The SMILES string of the molecule is COC(=O)c1ccc(-c2cc(-c3cc(C(C)(C)C)cc(C(C)(C)C)c3)n(-c3ccc(NS(C)(=O)=O)cc3)n2)cc1. The Balaban J connectivity index is 1.91. The molecule has 0 aliphatic rings. The molecule has 4 rings (SSSR count). The minimum Gasteiger partial charge on any atom is -0.465 e. The van der Waals surface area contributed by atoms with Gasteiger partial charge in [0.25, 0.3) is 0 Å². The van der Waals surface area contributed by atoms with Crippen LogP contribution in [0.15, 0.2) is 72.8 Å². The predicted octanol–water partition coefficient (Wildman–Crippen LogP) is 6.96. The summed E-state index contributed by atoms with van der Waals surface area (Å²) in [5.74, 6) is -0.394. The molecular weight excluding hydrogens is 522 g/mol. The highest BCUT2D eigenvalue weighted by molar-refractivity contribution is 7.92. The van der Waals surface area contributed by atoms with Crippen molar-refractivity contribution >= 4 is 21.7 Å². The van der Waals surface area contributed by atoms with E-state index in [0.29, 0.717) is 11.3 Å². The van der Waals surface area contributed by atoms with Crippen molar-refractivity contribution < 1.29 is 17.9 Å². The fourth-order valence-electron chi connectivity index (χ4n) is 4.35. The van der Waals surface area contributed by atoms with Gasteiger partial charge in [-0.15, -0.1) is 0 Å². The Morgan fingerprint density at radius 3 is 1.82 bits per heavy atom. The van der Waals surface area contributed by atoms with Gasteiger partial charge in [-0.2, -0.15) is 5.10 Å². The maximum absolute atomic E-state index is 11.9. The second-order valence-corrected chi connectivity index (χ2v) is 13.9. The quantitative estimate of drug-likeness (QED) is 0.258. The number of hydrogen-bond acceptors (Lipinski definition) is 5. The molecule has 0 aliphatic heterocycles. The molecule has 0 bridgehead atoms. The lowest BCUT2D eigenvalue weighted by Crippen LogP contribution is -2.16. The van der Waals surface area contributed by atoms with Gasteiger partial charge in [0.1, 0.15) is 0 Å². The average Bonchev–Trinajstić information content (AvgIpc) is 3.32. The molecule has 1 N–H and O–H groups in total. The molecule has 0 spiro atoms. The van der Waals surface area contributed by atoms with Crippen molar-refractivity contribution in [2.75, 3.05) is 18.1 Å². The third-order valence-corrected chi connectivity index (χ3v) is 7.29. The molecule has 8 heteroatoms. The molecule has 40 heavy (non-hydrogen) atoms. The molecule has 7 nitrogen and oxygen atoms in total. The zero-order chi connectivity index (χ0) is 29.5. The molecule has 0 aliphatic carbocycles. The number of benzene rings is 3. The van der Waals surface area contributed by atoms with Gasteiger partial charge in [-0.05, 0) is 76.6 Å². The highest BCUT2D eigenvalue weighted by Crippen LogP contribution is 2.36. The molecule has 210 valence electrons. The van der Waals surface area contributed by atoms with E-state index in [0.717, 1.165) is 34.5 Å². The van der Waals surface area contributed by atoms with Crippen LogP contribution in [0.1, 0.15) is 63.0 Å². The fraction of sp³-hybridized carbons (Fsp3) is 0.312. The topological polar surface area (TPSA) is 90.3 Å². The van der Waals surface area contributed by atoms with Gasteiger partial charge in [0.05, 0.1) is 36.0 Å². The molecule has 0 saturated carbocycles. The molecule has 1 heterocycles. The Hall–Kier alpha value is -3.91. The lowest BCUT2D eigenvalue weighted by atomic mass is 9.79. The Morgan fingerprint density at radius 1 is 0.800 bits per heavy atom.